The van der Waals surface area contributed by atoms with Crippen LogP contribution in [-0.2, 0) is 11.8 Å². The zero-order valence-corrected chi connectivity index (χ0v) is 15.8. The molecule has 3 aromatic rings. The van der Waals surface area contributed by atoms with Gasteiger partial charge in [0, 0.05) is 13.0 Å². The number of para-hydroxylation sites is 1. The van der Waals surface area contributed by atoms with Crippen LogP contribution in [0.15, 0.2) is 44.8 Å². The van der Waals surface area contributed by atoms with Gasteiger partial charge >= 0.3 is 0 Å². The Balaban J connectivity index is 1.47. The number of anilines is 1. The van der Waals surface area contributed by atoms with E-state index >= 15 is 0 Å². The summed E-state index contributed by atoms with van der Waals surface area (Å²) in [5.41, 5.74) is 1.42. The molecule has 0 aliphatic heterocycles. The van der Waals surface area contributed by atoms with E-state index in [1.165, 1.54) is 4.68 Å². The smallest absolute Gasteiger partial charge is 0.295 e. The van der Waals surface area contributed by atoms with Crippen molar-refractivity contribution in [2.45, 2.75) is 30.9 Å². The molecular formula is C18H19N5O3S. The monoisotopic (exact) mass is 385 g/mol. The van der Waals surface area contributed by atoms with Crippen LogP contribution >= 0.6 is 11.8 Å². The topological polar surface area (TPSA) is 95.0 Å². The summed E-state index contributed by atoms with van der Waals surface area (Å²) in [5, 5.41) is 11.0. The lowest BCUT2D eigenvalue weighted by Crippen LogP contribution is -2.23. The Morgan fingerprint density at radius 1 is 1.30 bits per heavy atom. The second-order valence-electron chi connectivity index (χ2n) is 6.45. The van der Waals surface area contributed by atoms with Crippen molar-refractivity contribution in [3.05, 3.63) is 52.3 Å². The van der Waals surface area contributed by atoms with Crippen LogP contribution in [0.25, 0.3) is 5.69 Å². The van der Waals surface area contributed by atoms with E-state index < -0.39 is 0 Å². The van der Waals surface area contributed by atoms with Gasteiger partial charge in [0.2, 0.25) is 11.8 Å². The normalized spacial score (nSPS) is 13.7. The zero-order chi connectivity index (χ0) is 19.0. The maximum atomic E-state index is 12.8. The van der Waals surface area contributed by atoms with Gasteiger partial charge in [-0.05, 0) is 31.9 Å². The first-order valence-electron chi connectivity index (χ1n) is 8.64. The predicted octanol–water partition coefficient (Wildman–Crippen LogP) is 2.48. The second kappa shape index (κ2) is 7.07. The van der Waals surface area contributed by atoms with Crippen molar-refractivity contribution in [1.82, 2.24) is 19.6 Å². The second-order valence-corrected chi connectivity index (χ2v) is 7.38. The van der Waals surface area contributed by atoms with E-state index in [1.54, 1.807) is 18.7 Å². The van der Waals surface area contributed by atoms with Crippen molar-refractivity contribution in [3.63, 3.8) is 0 Å². The number of rotatable bonds is 6. The summed E-state index contributed by atoms with van der Waals surface area (Å²) >= 11 is 1.16. The fraction of sp³-hybridized carbons (Fsp3) is 0.333. The molecular weight excluding hydrogens is 366 g/mol. The number of carbonyl (C=O) groups excluding carboxylic acids is 1. The van der Waals surface area contributed by atoms with Crippen LogP contribution in [0.2, 0.25) is 0 Å². The van der Waals surface area contributed by atoms with Crippen molar-refractivity contribution in [1.29, 1.82) is 0 Å². The molecule has 140 valence electrons. The summed E-state index contributed by atoms with van der Waals surface area (Å²) in [6.07, 6.45) is 2.15. The number of aromatic nitrogens is 4. The average molecular weight is 385 g/mol. The van der Waals surface area contributed by atoms with Gasteiger partial charge in [-0.2, -0.15) is 0 Å². The first kappa shape index (κ1) is 17.6. The minimum atomic E-state index is -0.294. The standard InChI is InChI=1S/C18H19N5O3S/c1-11-15(17(25)23(22(11)2)13-6-4-3-5-7-13)19-14(24)10-27-18-21-20-16(26-18)12-8-9-12/h3-7,12H,8-10H2,1-2H3,(H,19,24). The summed E-state index contributed by atoms with van der Waals surface area (Å²) in [6.45, 7) is 1.80. The summed E-state index contributed by atoms with van der Waals surface area (Å²) < 4.78 is 8.78. The largest absolute Gasteiger partial charge is 0.416 e. The average Bonchev–Trinajstić information content (AvgIpc) is 3.38. The van der Waals surface area contributed by atoms with Gasteiger partial charge in [0.05, 0.1) is 17.1 Å². The molecule has 1 aliphatic rings. The third kappa shape index (κ3) is 3.55. The van der Waals surface area contributed by atoms with Crippen LogP contribution in [0, 0.1) is 6.92 Å². The lowest BCUT2D eigenvalue weighted by Gasteiger charge is -2.07. The summed E-state index contributed by atoms with van der Waals surface area (Å²) in [4.78, 5) is 25.1. The molecule has 0 radical (unpaired) electrons. The van der Waals surface area contributed by atoms with Crippen LogP contribution < -0.4 is 10.9 Å². The van der Waals surface area contributed by atoms with E-state index in [0.717, 1.165) is 30.3 Å². The lowest BCUT2D eigenvalue weighted by molar-refractivity contribution is -0.113. The van der Waals surface area contributed by atoms with Gasteiger partial charge in [0.15, 0.2) is 0 Å². The van der Waals surface area contributed by atoms with Gasteiger partial charge in [0.25, 0.3) is 10.8 Å². The minimum Gasteiger partial charge on any atom is -0.416 e. The third-order valence-electron chi connectivity index (χ3n) is 4.49. The highest BCUT2D eigenvalue weighted by Gasteiger charge is 2.29. The Bertz CT molecular complexity index is 1030. The Labute approximate surface area is 159 Å². The van der Waals surface area contributed by atoms with Gasteiger partial charge in [0.1, 0.15) is 5.69 Å². The number of amides is 1. The first-order valence-corrected chi connectivity index (χ1v) is 9.63. The van der Waals surface area contributed by atoms with Crippen molar-refractivity contribution in [2.75, 3.05) is 11.1 Å². The molecule has 0 bridgehead atoms. The molecule has 1 aromatic carbocycles. The number of hydrogen-bond acceptors (Lipinski definition) is 6. The Hall–Kier alpha value is -2.81. The van der Waals surface area contributed by atoms with Crippen LogP contribution in [0.4, 0.5) is 5.69 Å². The molecule has 1 aliphatic carbocycles. The van der Waals surface area contributed by atoms with Gasteiger partial charge in [-0.1, -0.05) is 30.0 Å². The van der Waals surface area contributed by atoms with Crippen LogP contribution in [0.3, 0.4) is 0 Å². The van der Waals surface area contributed by atoms with Gasteiger partial charge in [-0.3, -0.25) is 14.3 Å². The molecule has 9 heteroatoms. The molecule has 0 atom stereocenters. The van der Waals surface area contributed by atoms with E-state index in [1.807, 2.05) is 30.3 Å². The number of hydrogen-bond donors (Lipinski definition) is 1. The highest BCUT2D eigenvalue weighted by molar-refractivity contribution is 7.99. The van der Waals surface area contributed by atoms with E-state index in [0.29, 0.717) is 22.7 Å². The molecule has 8 nitrogen and oxygen atoms in total. The zero-order valence-electron chi connectivity index (χ0n) is 15.0. The van der Waals surface area contributed by atoms with Crippen molar-refractivity contribution in [2.24, 2.45) is 7.05 Å². The third-order valence-corrected chi connectivity index (χ3v) is 5.31. The molecule has 0 unspecified atom stereocenters. The Kier molecular flexibility index (Phi) is 4.61. The molecule has 1 amide bonds. The molecule has 4 rings (SSSR count). The van der Waals surface area contributed by atoms with E-state index in [-0.39, 0.29) is 22.9 Å². The Morgan fingerprint density at radius 2 is 2.04 bits per heavy atom. The van der Waals surface area contributed by atoms with Crippen LogP contribution in [-0.4, -0.2) is 31.2 Å². The number of thioether (sulfide) groups is 1. The maximum absolute atomic E-state index is 12.8. The van der Waals surface area contributed by atoms with Crippen molar-refractivity contribution >= 4 is 23.4 Å². The van der Waals surface area contributed by atoms with E-state index in [9.17, 15) is 9.59 Å². The van der Waals surface area contributed by atoms with Gasteiger partial charge < -0.3 is 9.73 Å². The fourth-order valence-corrected chi connectivity index (χ4v) is 3.36. The highest BCUT2D eigenvalue weighted by atomic mass is 32.2. The molecule has 27 heavy (non-hydrogen) atoms. The Morgan fingerprint density at radius 3 is 2.74 bits per heavy atom. The van der Waals surface area contributed by atoms with Gasteiger partial charge in [-0.25, -0.2) is 4.68 Å². The highest BCUT2D eigenvalue weighted by Crippen LogP contribution is 2.39. The maximum Gasteiger partial charge on any atom is 0.295 e. The quantitative estimate of drug-likeness (QED) is 0.655. The number of nitrogens with one attached hydrogen (secondary N) is 1. The number of benzene rings is 1. The molecule has 2 aromatic heterocycles. The predicted molar refractivity (Wildman–Crippen MR) is 101 cm³/mol. The first-order chi connectivity index (χ1) is 13.0. The van der Waals surface area contributed by atoms with E-state index in [2.05, 4.69) is 15.5 Å². The molecule has 0 saturated heterocycles. The van der Waals surface area contributed by atoms with Crippen LogP contribution in [0.1, 0.15) is 30.3 Å². The SMILES string of the molecule is Cc1c(NC(=O)CSc2nnc(C3CC3)o2)c(=O)n(-c2ccccc2)n1C. The summed E-state index contributed by atoms with van der Waals surface area (Å²) in [6, 6.07) is 9.29. The molecule has 1 saturated carbocycles. The number of nitrogens with zero attached hydrogens (tertiary/aromatic N) is 4. The molecule has 2 heterocycles. The van der Waals surface area contributed by atoms with Crippen molar-refractivity contribution in [3.8, 4) is 5.69 Å². The number of carbonyl (C=O) groups is 1. The fourth-order valence-electron chi connectivity index (χ4n) is 2.79. The summed E-state index contributed by atoms with van der Waals surface area (Å²) in [7, 11) is 1.78. The molecule has 1 N–H and O–H groups in total. The minimum absolute atomic E-state index is 0.0887. The van der Waals surface area contributed by atoms with Gasteiger partial charge in [-0.15, -0.1) is 10.2 Å². The lowest BCUT2D eigenvalue weighted by atomic mass is 10.3. The van der Waals surface area contributed by atoms with Crippen LogP contribution in [0.5, 0.6) is 0 Å². The van der Waals surface area contributed by atoms with Crippen molar-refractivity contribution < 1.29 is 9.21 Å². The molecule has 0 spiro atoms. The summed E-state index contributed by atoms with van der Waals surface area (Å²) in [5.74, 6) is 0.814. The van der Waals surface area contributed by atoms with E-state index in [4.69, 9.17) is 4.42 Å². The molecule has 1 fully saturated rings.